The van der Waals surface area contributed by atoms with Gasteiger partial charge in [0.15, 0.2) is 11.5 Å². The number of anilines is 1. The molecular formula is C21H21NO6. The van der Waals surface area contributed by atoms with Crippen molar-refractivity contribution in [2.75, 3.05) is 32.8 Å². The molecule has 0 unspecified atom stereocenters. The van der Waals surface area contributed by atoms with Crippen LogP contribution in [0.3, 0.4) is 0 Å². The van der Waals surface area contributed by atoms with Crippen molar-refractivity contribution >= 4 is 23.6 Å². The van der Waals surface area contributed by atoms with Crippen LogP contribution in [0, 0.1) is 0 Å². The fourth-order valence-electron chi connectivity index (χ4n) is 2.82. The van der Waals surface area contributed by atoms with Crippen molar-refractivity contribution in [2.24, 2.45) is 0 Å². The Morgan fingerprint density at radius 3 is 2.71 bits per heavy atom. The zero-order valence-electron chi connectivity index (χ0n) is 15.9. The molecule has 0 bridgehead atoms. The van der Waals surface area contributed by atoms with E-state index in [1.807, 2.05) is 25.1 Å². The Kier molecular flexibility index (Phi) is 5.84. The highest BCUT2D eigenvalue weighted by molar-refractivity contribution is 6.10. The molecule has 0 aliphatic carbocycles. The smallest absolute Gasteiger partial charge is 0.340 e. The number of ether oxygens (including phenoxy) is 4. The quantitative estimate of drug-likeness (QED) is 0.771. The van der Waals surface area contributed by atoms with Crippen LogP contribution in [-0.4, -0.2) is 39.3 Å². The topological polar surface area (TPSA) is 83.1 Å². The Hall–Kier alpha value is -3.48. The number of hydrogen-bond acceptors (Lipinski definition) is 6. The average Bonchev–Trinajstić information content (AvgIpc) is 2.73. The molecule has 3 rings (SSSR count). The van der Waals surface area contributed by atoms with E-state index in [2.05, 4.69) is 5.32 Å². The number of benzene rings is 2. The normalized spacial score (nSPS) is 12.2. The van der Waals surface area contributed by atoms with Crippen LogP contribution in [0.25, 0.3) is 6.08 Å². The molecule has 7 heteroatoms. The summed E-state index contributed by atoms with van der Waals surface area (Å²) in [5.74, 6) is 0.785. The Morgan fingerprint density at radius 2 is 2.00 bits per heavy atom. The molecule has 1 heterocycles. The SMILES string of the molecule is CCOc1cccc2c1OCC(C(=O)Nc1ccc(OC)cc1C(=O)OC)=C2. The van der Waals surface area contributed by atoms with Crippen molar-refractivity contribution in [3.63, 3.8) is 0 Å². The Balaban J connectivity index is 1.86. The number of fused-ring (bicyclic) bond motifs is 1. The van der Waals surface area contributed by atoms with E-state index in [9.17, 15) is 9.59 Å². The molecule has 2 aromatic carbocycles. The second kappa shape index (κ2) is 8.47. The van der Waals surface area contributed by atoms with Gasteiger partial charge >= 0.3 is 5.97 Å². The first-order chi connectivity index (χ1) is 13.6. The van der Waals surface area contributed by atoms with Gasteiger partial charge in [-0.05, 0) is 37.3 Å². The monoisotopic (exact) mass is 383 g/mol. The summed E-state index contributed by atoms with van der Waals surface area (Å²) in [7, 11) is 2.77. The van der Waals surface area contributed by atoms with Crippen molar-refractivity contribution in [3.05, 3.63) is 53.1 Å². The van der Waals surface area contributed by atoms with Gasteiger partial charge in [0.05, 0.1) is 37.7 Å². The number of esters is 1. The highest BCUT2D eigenvalue weighted by Gasteiger charge is 2.22. The number of carbonyl (C=O) groups is 2. The number of hydrogen-bond donors (Lipinski definition) is 1. The zero-order chi connectivity index (χ0) is 20.1. The fraction of sp³-hybridized carbons (Fsp3) is 0.238. The van der Waals surface area contributed by atoms with Gasteiger partial charge in [-0.25, -0.2) is 4.79 Å². The van der Waals surface area contributed by atoms with Gasteiger partial charge in [-0.1, -0.05) is 12.1 Å². The van der Waals surface area contributed by atoms with Crippen molar-refractivity contribution in [2.45, 2.75) is 6.92 Å². The summed E-state index contributed by atoms with van der Waals surface area (Å²) < 4.78 is 21.2. The molecular weight excluding hydrogens is 362 g/mol. The molecule has 1 aliphatic heterocycles. The summed E-state index contributed by atoms with van der Waals surface area (Å²) >= 11 is 0. The highest BCUT2D eigenvalue weighted by atomic mass is 16.5. The second-order valence-electron chi connectivity index (χ2n) is 5.92. The second-order valence-corrected chi connectivity index (χ2v) is 5.92. The first-order valence-electron chi connectivity index (χ1n) is 8.74. The molecule has 0 spiro atoms. The van der Waals surface area contributed by atoms with E-state index in [1.165, 1.54) is 20.3 Å². The molecule has 146 valence electrons. The Bertz CT molecular complexity index is 934. The van der Waals surface area contributed by atoms with Crippen molar-refractivity contribution in [1.82, 2.24) is 0 Å². The Labute approximate surface area is 162 Å². The van der Waals surface area contributed by atoms with Crippen LogP contribution in [-0.2, 0) is 9.53 Å². The molecule has 0 saturated heterocycles. The van der Waals surface area contributed by atoms with Gasteiger partial charge in [0, 0.05) is 5.56 Å². The molecule has 1 N–H and O–H groups in total. The third-order valence-corrected chi connectivity index (χ3v) is 4.18. The summed E-state index contributed by atoms with van der Waals surface area (Å²) in [6, 6.07) is 10.3. The fourth-order valence-corrected chi connectivity index (χ4v) is 2.82. The van der Waals surface area contributed by atoms with Crippen LogP contribution in [0.4, 0.5) is 5.69 Å². The summed E-state index contributed by atoms with van der Waals surface area (Å²) in [6.07, 6.45) is 1.75. The lowest BCUT2D eigenvalue weighted by Crippen LogP contribution is -2.22. The van der Waals surface area contributed by atoms with E-state index in [0.29, 0.717) is 35.1 Å². The van der Waals surface area contributed by atoms with E-state index in [0.717, 1.165) is 5.56 Å². The maximum atomic E-state index is 12.7. The van der Waals surface area contributed by atoms with Gasteiger partial charge in [-0.3, -0.25) is 4.79 Å². The van der Waals surface area contributed by atoms with Crippen molar-refractivity contribution < 1.29 is 28.5 Å². The predicted octanol–water partition coefficient (Wildman–Crippen LogP) is 3.30. The Morgan fingerprint density at radius 1 is 1.18 bits per heavy atom. The van der Waals surface area contributed by atoms with Gasteiger partial charge in [0.2, 0.25) is 0 Å². The minimum absolute atomic E-state index is 0.0899. The summed E-state index contributed by atoms with van der Waals surface area (Å²) in [4.78, 5) is 24.8. The van der Waals surface area contributed by atoms with Crippen LogP contribution in [0.5, 0.6) is 17.2 Å². The van der Waals surface area contributed by atoms with Crippen LogP contribution in [0.2, 0.25) is 0 Å². The van der Waals surface area contributed by atoms with Gasteiger partial charge in [0.25, 0.3) is 5.91 Å². The molecule has 0 saturated carbocycles. The minimum Gasteiger partial charge on any atom is -0.497 e. The molecule has 0 aromatic heterocycles. The summed E-state index contributed by atoms with van der Waals surface area (Å²) in [5, 5.41) is 2.74. The number of carbonyl (C=O) groups excluding carboxylic acids is 2. The lowest BCUT2D eigenvalue weighted by Gasteiger charge is -2.20. The molecule has 0 fully saturated rings. The minimum atomic E-state index is -0.574. The maximum Gasteiger partial charge on any atom is 0.340 e. The number of amides is 1. The molecule has 0 atom stereocenters. The third-order valence-electron chi connectivity index (χ3n) is 4.18. The van der Waals surface area contributed by atoms with E-state index >= 15 is 0 Å². The molecule has 1 aliphatic rings. The highest BCUT2D eigenvalue weighted by Crippen LogP contribution is 2.36. The molecule has 2 aromatic rings. The van der Waals surface area contributed by atoms with E-state index in [1.54, 1.807) is 18.2 Å². The zero-order valence-corrected chi connectivity index (χ0v) is 15.9. The van der Waals surface area contributed by atoms with Crippen LogP contribution < -0.4 is 19.5 Å². The van der Waals surface area contributed by atoms with E-state index in [4.69, 9.17) is 18.9 Å². The van der Waals surface area contributed by atoms with Crippen molar-refractivity contribution in [1.29, 1.82) is 0 Å². The largest absolute Gasteiger partial charge is 0.497 e. The number of para-hydroxylation sites is 1. The first kappa shape index (κ1) is 19.3. The lowest BCUT2D eigenvalue weighted by atomic mass is 10.1. The van der Waals surface area contributed by atoms with E-state index in [-0.39, 0.29) is 18.1 Å². The van der Waals surface area contributed by atoms with Gasteiger partial charge in [-0.15, -0.1) is 0 Å². The predicted molar refractivity (Wildman–Crippen MR) is 104 cm³/mol. The number of nitrogens with one attached hydrogen (secondary N) is 1. The summed E-state index contributed by atoms with van der Waals surface area (Å²) in [6.45, 7) is 2.50. The summed E-state index contributed by atoms with van der Waals surface area (Å²) in [5.41, 5.74) is 1.71. The van der Waals surface area contributed by atoms with Crippen LogP contribution >= 0.6 is 0 Å². The van der Waals surface area contributed by atoms with Crippen molar-refractivity contribution in [3.8, 4) is 17.2 Å². The number of methoxy groups -OCH3 is 2. The first-order valence-corrected chi connectivity index (χ1v) is 8.74. The van der Waals surface area contributed by atoms with Gasteiger partial charge < -0.3 is 24.3 Å². The standard InChI is InChI=1S/C21H21NO6/c1-4-27-18-7-5-6-13-10-14(12-28-19(13)18)20(23)22-17-9-8-15(25-2)11-16(17)21(24)26-3/h5-11H,4,12H2,1-3H3,(H,22,23). The molecule has 7 nitrogen and oxygen atoms in total. The average molecular weight is 383 g/mol. The van der Waals surface area contributed by atoms with Crippen LogP contribution in [0.1, 0.15) is 22.8 Å². The van der Waals surface area contributed by atoms with Crippen LogP contribution in [0.15, 0.2) is 42.0 Å². The van der Waals surface area contributed by atoms with Gasteiger partial charge in [0.1, 0.15) is 12.4 Å². The van der Waals surface area contributed by atoms with E-state index < -0.39 is 5.97 Å². The lowest BCUT2D eigenvalue weighted by molar-refractivity contribution is -0.113. The maximum absolute atomic E-state index is 12.7. The van der Waals surface area contributed by atoms with Gasteiger partial charge in [-0.2, -0.15) is 0 Å². The molecule has 28 heavy (non-hydrogen) atoms. The third kappa shape index (κ3) is 3.93. The molecule has 1 amide bonds. The number of rotatable bonds is 6. The molecule has 0 radical (unpaired) electrons.